The number of nitrogens with zero attached hydrogens (tertiary/aromatic N) is 1. The quantitative estimate of drug-likeness (QED) is 0.870. The Hall–Kier alpha value is -1.89. The molecule has 1 saturated heterocycles. The van der Waals surface area contributed by atoms with E-state index in [1.807, 2.05) is 18.2 Å². The van der Waals surface area contributed by atoms with E-state index < -0.39 is 10.0 Å². The molecule has 24 heavy (non-hydrogen) atoms. The zero-order valence-corrected chi connectivity index (χ0v) is 14.6. The second kappa shape index (κ2) is 7.34. The van der Waals surface area contributed by atoms with Crippen molar-refractivity contribution in [1.29, 1.82) is 0 Å². The van der Waals surface area contributed by atoms with Gasteiger partial charge in [0, 0.05) is 5.56 Å². The van der Waals surface area contributed by atoms with Gasteiger partial charge in [-0.2, -0.15) is 4.31 Å². The van der Waals surface area contributed by atoms with Crippen LogP contribution in [0.2, 0.25) is 0 Å². The Bertz CT molecular complexity index is 753. The number of hydrogen-bond donors (Lipinski definition) is 1. The molecule has 0 bridgehead atoms. The molecule has 0 amide bonds. The predicted octanol–water partition coefficient (Wildman–Crippen LogP) is 0.785. The molecule has 6 heteroatoms. The van der Waals surface area contributed by atoms with Gasteiger partial charge in [-0.1, -0.05) is 30.3 Å². The van der Waals surface area contributed by atoms with Crippen molar-refractivity contribution in [3.8, 4) is 5.75 Å². The van der Waals surface area contributed by atoms with Crippen molar-refractivity contribution in [2.75, 3.05) is 33.3 Å². The normalized spacial score (nSPS) is 16.9. The molecule has 0 aliphatic carbocycles. The molecule has 1 aliphatic heterocycles. The Balaban J connectivity index is 1.62. The van der Waals surface area contributed by atoms with Gasteiger partial charge >= 0.3 is 0 Å². The minimum atomic E-state index is -3.42. The summed E-state index contributed by atoms with van der Waals surface area (Å²) < 4.78 is 32.1. The van der Waals surface area contributed by atoms with E-state index in [1.54, 1.807) is 35.7 Å². The molecule has 1 heterocycles. The summed E-state index contributed by atoms with van der Waals surface area (Å²) in [4.78, 5) is 1.75. The number of sulfonamides is 1. The maximum atomic E-state index is 12.7. The highest BCUT2D eigenvalue weighted by atomic mass is 32.2. The van der Waals surface area contributed by atoms with Gasteiger partial charge in [0.05, 0.1) is 38.2 Å². The van der Waals surface area contributed by atoms with E-state index >= 15 is 0 Å². The zero-order valence-electron chi connectivity index (χ0n) is 13.8. The molecule has 5 nitrogen and oxygen atoms in total. The van der Waals surface area contributed by atoms with Crippen LogP contribution in [0.25, 0.3) is 0 Å². The lowest BCUT2D eigenvalue weighted by Gasteiger charge is -2.31. The number of methoxy groups -OCH3 is 1. The third kappa shape index (κ3) is 3.77. The molecule has 0 saturated carbocycles. The predicted molar refractivity (Wildman–Crippen MR) is 92.6 cm³/mol. The van der Waals surface area contributed by atoms with Crippen LogP contribution in [0.15, 0.2) is 59.5 Å². The van der Waals surface area contributed by atoms with Crippen molar-refractivity contribution in [3.05, 3.63) is 60.2 Å². The Kier molecular flexibility index (Phi) is 5.18. The summed E-state index contributed by atoms with van der Waals surface area (Å²) >= 11 is 0. The molecular weight excluding hydrogens is 324 g/mol. The van der Waals surface area contributed by atoms with Gasteiger partial charge in [0.15, 0.2) is 0 Å². The fourth-order valence-corrected chi connectivity index (χ4v) is 4.44. The molecule has 128 valence electrons. The second-order valence-electron chi connectivity index (χ2n) is 5.99. The van der Waals surface area contributed by atoms with Crippen molar-refractivity contribution < 1.29 is 18.1 Å². The third-order valence-electron chi connectivity index (χ3n) is 4.42. The first-order valence-electron chi connectivity index (χ1n) is 8.11. The van der Waals surface area contributed by atoms with Crippen LogP contribution < -0.4 is 9.64 Å². The van der Waals surface area contributed by atoms with Crippen LogP contribution in [0.1, 0.15) is 5.56 Å². The van der Waals surface area contributed by atoms with Gasteiger partial charge in [-0.3, -0.25) is 0 Å². The molecule has 1 N–H and O–H groups in total. The van der Waals surface area contributed by atoms with E-state index in [9.17, 15) is 8.42 Å². The van der Waals surface area contributed by atoms with Gasteiger partial charge in [-0.25, -0.2) is 8.42 Å². The van der Waals surface area contributed by atoms with E-state index in [4.69, 9.17) is 4.74 Å². The highest BCUT2D eigenvalue weighted by Crippen LogP contribution is 2.19. The molecule has 0 atom stereocenters. The van der Waals surface area contributed by atoms with Gasteiger partial charge in [-0.15, -0.1) is 0 Å². The number of benzene rings is 2. The molecule has 2 aromatic rings. The van der Waals surface area contributed by atoms with Crippen molar-refractivity contribution in [2.24, 2.45) is 0 Å². The topological polar surface area (TPSA) is 51.1 Å². The van der Waals surface area contributed by atoms with E-state index in [0.717, 1.165) is 19.6 Å². The summed E-state index contributed by atoms with van der Waals surface area (Å²) in [6.07, 6.45) is 0. The molecule has 0 spiro atoms. The highest BCUT2D eigenvalue weighted by molar-refractivity contribution is 7.89. The summed E-state index contributed by atoms with van der Waals surface area (Å²) in [5.74, 6) is 0.658. The first kappa shape index (κ1) is 17.0. The van der Waals surface area contributed by atoms with E-state index in [-0.39, 0.29) is 0 Å². The van der Waals surface area contributed by atoms with Crippen LogP contribution in [-0.2, 0) is 16.6 Å². The molecule has 3 rings (SSSR count). The lowest BCUT2D eigenvalue weighted by Crippen LogP contribution is -3.13. The first-order valence-corrected chi connectivity index (χ1v) is 9.55. The standard InChI is InChI=1S/C18H22N2O3S/c1-23-17-7-9-18(10-8-17)24(21,22)20-13-11-19(12-14-20)15-16-5-3-2-4-6-16/h2-10H,11-15H2,1H3/p+1. The number of piperazine rings is 1. The van der Waals surface area contributed by atoms with Crippen LogP contribution in [0.3, 0.4) is 0 Å². The summed E-state index contributed by atoms with van der Waals surface area (Å²) in [6.45, 7) is 3.69. The highest BCUT2D eigenvalue weighted by Gasteiger charge is 2.30. The Morgan fingerprint density at radius 3 is 2.21 bits per heavy atom. The number of nitrogens with one attached hydrogen (secondary N) is 1. The fraction of sp³-hybridized carbons (Fsp3) is 0.333. The van der Waals surface area contributed by atoms with Gasteiger partial charge < -0.3 is 9.64 Å². The molecule has 0 unspecified atom stereocenters. The number of quaternary nitrogens is 1. The average molecular weight is 347 g/mol. The summed E-state index contributed by atoms with van der Waals surface area (Å²) in [5, 5.41) is 0. The maximum Gasteiger partial charge on any atom is 0.243 e. The minimum absolute atomic E-state index is 0.329. The summed E-state index contributed by atoms with van der Waals surface area (Å²) in [7, 11) is -1.85. The van der Waals surface area contributed by atoms with E-state index in [0.29, 0.717) is 23.7 Å². The average Bonchev–Trinajstić information content (AvgIpc) is 2.63. The third-order valence-corrected chi connectivity index (χ3v) is 6.34. The maximum absolute atomic E-state index is 12.7. The van der Waals surface area contributed by atoms with Crippen molar-refractivity contribution in [2.45, 2.75) is 11.4 Å². The van der Waals surface area contributed by atoms with Gasteiger partial charge in [0.25, 0.3) is 0 Å². The van der Waals surface area contributed by atoms with Crippen molar-refractivity contribution in [3.63, 3.8) is 0 Å². The molecule has 2 aromatic carbocycles. The van der Waals surface area contributed by atoms with Crippen LogP contribution in [0.5, 0.6) is 5.75 Å². The lowest BCUT2D eigenvalue weighted by molar-refractivity contribution is -0.917. The van der Waals surface area contributed by atoms with Gasteiger partial charge in [0.2, 0.25) is 10.0 Å². The zero-order chi connectivity index (χ0) is 17.0. The number of hydrogen-bond acceptors (Lipinski definition) is 3. The molecule has 1 fully saturated rings. The van der Waals surface area contributed by atoms with E-state index in [2.05, 4.69) is 12.1 Å². The minimum Gasteiger partial charge on any atom is -0.497 e. The number of ether oxygens (including phenoxy) is 1. The largest absolute Gasteiger partial charge is 0.497 e. The van der Waals surface area contributed by atoms with E-state index in [1.165, 1.54) is 10.5 Å². The fourth-order valence-electron chi connectivity index (χ4n) is 3.00. The SMILES string of the molecule is COc1ccc(S(=O)(=O)N2CC[NH+](Cc3ccccc3)CC2)cc1. The summed E-state index contributed by atoms with van der Waals surface area (Å²) in [5.41, 5.74) is 1.29. The monoisotopic (exact) mass is 347 g/mol. The summed E-state index contributed by atoms with van der Waals surface area (Å²) in [6, 6.07) is 16.9. The van der Waals surface area contributed by atoms with Crippen LogP contribution >= 0.6 is 0 Å². The Labute approximate surface area is 143 Å². The van der Waals surface area contributed by atoms with Crippen LogP contribution in [0.4, 0.5) is 0 Å². The molecule has 0 aromatic heterocycles. The van der Waals surface area contributed by atoms with Crippen LogP contribution in [-0.4, -0.2) is 46.0 Å². The van der Waals surface area contributed by atoms with Crippen molar-refractivity contribution >= 4 is 10.0 Å². The van der Waals surface area contributed by atoms with Crippen LogP contribution in [0, 0.1) is 0 Å². The first-order chi connectivity index (χ1) is 11.6. The number of rotatable bonds is 5. The molecular formula is C18H23N2O3S+. The lowest BCUT2D eigenvalue weighted by atomic mass is 10.2. The molecule has 1 aliphatic rings. The second-order valence-corrected chi connectivity index (χ2v) is 7.93. The Morgan fingerprint density at radius 1 is 1.00 bits per heavy atom. The Morgan fingerprint density at radius 2 is 1.62 bits per heavy atom. The molecule has 0 radical (unpaired) electrons. The smallest absolute Gasteiger partial charge is 0.243 e. The van der Waals surface area contributed by atoms with Gasteiger partial charge in [-0.05, 0) is 24.3 Å². The van der Waals surface area contributed by atoms with Gasteiger partial charge in [0.1, 0.15) is 12.3 Å². The van der Waals surface area contributed by atoms with Crippen molar-refractivity contribution in [1.82, 2.24) is 4.31 Å².